The zero-order valence-electron chi connectivity index (χ0n) is 11.7. The third-order valence-electron chi connectivity index (χ3n) is 3.27. The smallest absolute Gasteiger partial charge is 0.317 e. The molecule has 0 radical (unpaired) electrons. The molecule has 0 aliphatic heterocycles. The Morgan fingerprint density at radius 3 is 2.63 bits per heavy atom. The van der Waals surface area contributed by atoms with E-state index in [-0.39, 0.29) is 0 Å². The Morgan fingerprint density at radius 2 is 1.95 bits per heavy atom. The summed E-state index contributed by atoms with van der Waals surface area (Å²) < 4.78 is 5.16. The standard InChI is InChI=1S/C15H25NO3/c1-2-3-4-5-6-9-12-19-14(17)13-10-7-8-11-15(13,16)18/h7-8,10-11,13,18H,2-6,9,12,16H2,1H3. The number of carbonyl (C=O) groups is 1. The van der Waals surface area contributed by atoms with Crippen LogP contribution in [-0.2, 0) is 9.53 Å². The minimum atomic E-state index is -1.63. The molecule has 0 spiro atoms. The van der Waals surface area contributed by atoms with Gasteiger partial charge in [-0.2, -0.15) is 0 Å². The predicted molar refractivity (Wildman–Crippen MR) is 75.2 cm³/mol. The van der Waals surface area contributed by atoms with E-state index in [2.05, 4.69) is 6.92 Å². The Balaban J connectivity index is 2.18. The second-order valence-electron chi connectivity index (χ2n) is 5.04. The lowest BCUT2D eigenvalue weighted by atomic mass is 9.92. The Morgan fingerprint density at radius 1 is 1.26 bits per heavy atom. The number of ether oxygens (including phenoxy) is 1. The van der Waals surface area contributed by atoms with Crippen LogP contribution in [0.25, 0.3) is 0 Å². The molecule has 2 unspecified atom stereocenters. The van der Waals surface area contributed by atoms with Crippen molar-refractivity contribution in [1.29, 1.82) is 0 Å². The lowest BCUT2D eigenvalue weighted by Crippen LogP contribution is -2.49. The van der Waals surface area contributed by atoms with Gasteiger partial charge in [-0.25, -0.2) is 0 Å². The minimum absolute atomic E-state index is 0.398. The van der Waals surface area contributed by atoms with Gasteiger partial charge in [0.05, 0.1) is 6.61 Å². The van der Waals surface area contributed by atoms with Crippen LogP contribution >= 0.6 is 0 Å². The monoisotopic (exact) mass is 267 g/mol. The van der Waals surface area contributed by atoms with E-state index in [1.54, 1.807) is 18.2 Å². The first-order valence-corrected chi connectivity index (χ1v) is 7.12. The third kappa shape index (κ3) is 5.57. The Bertz CT molecular complexity index is 334. The number of allylic oxidation sites excluding steroid dienone is 2. The summed E-state index contributed by atoms with van der Waals surface area (Å²) in [5, 5.41) is 9.84. The molecule has 19 heavy (non-hydrogen) atoms. The van der Waals surface area contributed by atoms with E-state index in [1.807, 2.05) is 0 Å². The van der Waals surface area contributed by atoms with E-state index in [0.717, 1.165) is 12.8 Å². The maximum Gasteiger partial charge on any atom is 0.317 e. The van der Waals surface area contributed by atoms with Gasteiger partial charge in [-0.1, -0.05) is 57.3 Å². The zero-order valence-corrected chi connectivity index (χ0v) is 11.7. The van der Waals surface area contributed by atoms with Crippen molar-refractivity contribution in [2.75, 3.05) is 6.61 Å². The van der Waals surface area contributed by atoms with Crippen LogP contribution in [0.1, 0.15) is 45.4 Å². The number of hydrogen-bond donors (Lipinski definition) is 2. The number of rotatable bonds is 8. The van der Waals surface area contributed by atoms with Crippen LogP contribution in [-0.4, -0.2) is 23.4 Å². The normalized spacial score (nSPS) is 25.5. The fourth-order valence-corrected chi connectivity index (χ4v) is 2.06. The quantitative estimate of drug-likeness (QED) is 0.402. The van der Waals surface area contributed by atoms with Crippen molar-refractivity contribution in [3.05, 3.63) is 24.3 Å². The van der Waals surface area contributed by atoms with Crippen molar-refractivity contribution in [3.63, 3.8) is 0 Å². The molecule has 0 bridgehead atoms. The summed E-state index contributed by atoms with van der Waals surface area (Å²) in [5.74, 6) is -1.27. The minimum Gasteiger partial charge on any atom is -0.465 e. The molecule has 108 valence electrons. The SMILES string of the molecule is CCCCCCCCOC(=O)C1C=CC=CC1(N)O. The van der Waals surface area contributed by atoms with E-state index in [0.29, 0.717) is 6.61 Å². The molecule has 0 saturated carbocycles. The maximum atomic E-state index is 11.8. The van der Waals surface area contributed by atoms with Gasteiger partial charge in [0.15, 0.2) is 0 Å². The highest BCUT2D eigenvalue weighted by Crippen LogP contribution is 2.21. The van der Waals surface area contributed by atoms with Gasteiger partial charge in [-0.3, -0.25) is 10.5 Å². The van der Waals surface area contributed by atoms with Crippen molar-refractivity contribution >= 4 is 5.97 Å². The molecule has 1 aliphatic carbocycles. The molecular formula is C15H25NO3. The summed E-state index contributed by atoms with van der Waals surface area (Å²) in [5.41, 5.74) is 3.99. The molecule has 4 heteroatoms. The van der Waals surface area contributed by atoms with E-state index in [9.17, 15) is 9.90 Å². The van der Waals surface area contributed by atoms with Crippen LogP contribution in [0.5, 0.6) is 0 Å². The summed E-state index contributed by atoms with van der Waals surface area (Å²) in [7, 11) is 0. The maximum absolute atomic E-state index is 11.8. The highest BCUT2D eigenvalue weighted by Gasteiger charge is 2.36. The molecule has 0 saturated heterocycles. The molecule has 0 heterocycles. The summed E-state index contributed by atoms with van der Waals surface area (Å²) in [6.45, 7) is 2.58. The first kappa shape index (κ1) is 15.9. The van der Waals surface area contributed by atoms with Crippen LogP contribution in [0.2, 0.25) is 0 Å². The van der Waals surface area contributed by atoms with E-state index < -0.39 is 17.6 Å². The van der Waals surface area contributed by atoms with Gasteiger partial charge in [-0.15, -0.1) is 0 Å². The summed E-state index contributed by atoms with van der Waals surface area (Å²) in [4.78, 5) is 11.8. The fourth-order valence-electron chi connectivity index (χ4n) is 2.06. The van der Waals surface area contributed by atoms with Gasteiger partial charge in [0.1, 0.15) is 11.6 Å². The number of nitrogens with two attached hydrogens (primary N) is 1. The summed E-state index contributed by atoms with van der Waals surface area (Å²) in [6, 6.07) is 0. The number of carbonyl (C=O) groups excluding carboxylic acids is 1. The van der Waals surface area contributed by atoms with E-state index >= 15 is 0 Å². The van der Waals surface area contributed by atoms with E-state index in [4.69, 9.17) is 10.5 Å². The van der Waals surface area contributed by atoms with Gasteiger partial charge < -0.3 is 9.84 Å². The van der Waals surface area contributed by atoms with Gasteiger partial charge in [0.25, 0.3) is 0 Å². The Labute approximate surface area is 115 Å². The van der Waals surface area contributed by atoms with Crippen molar-refractivity contribution in [2.24, 2.45) is 11.7 Å². The molecule has 1 aliphatic rings. The summed E-state index contributed by atoms with van der Waals surface area (Å²) in [6.07, 6.45) is 13.1. The average molecular weight is 267 g/mol. The number of hydrogen-bond acceptors (Lipinski definition) is 4. The van der Waals surface area contributed by atoms with Crippen LogP contribution in [0.15, 0.2) is 24.3 Å². The third-order valence-corrected chi connectivity index (χ3v) is 3.27. The fraction of sp³-hybridized carbons (Fsp3) is 0.667. The van der Waals surface area contributed by atoms with Crippen LogP contribution in [0.3, 0.4) is 0 Å². The second-order valence-corrected chi connectivity index (χ2v) is 5.04. The molecular weight excluding hydrogens is 242 g/mol. The summed E-state index contributed by atoms with van der Waals surface area (Å²) >= 11 is 0. The van der Waals surface area contributed by atoms with E-state index in [1.165, 1.54) is 31.8 Å². The first-order valence-electron chi connectivity index (χ1n) is 7.12. The largest absolute Gasteiger partial charge is 0.465 e. The number of esters is 1. The second kappa shape index (κ2) is 8.12. The lowest BCUT2D eigenvalue weighted by Gasteiger charge is -2.27. The number of aliphatic hydroxyl groups is 1. The highest BCUT2D eigenvalue weighted by atomic mass is 16.5. The van der Waals surface area contributed by atoms with Gasteiger partial charge in [0.2, 0.25) is 0 Å². The average Bonchev–Trinajstić information content (AvgIpc) is 2.37. The molecule has 1 rings (SSSR count). The van der Waals surface area contributed by atoms with Crippen LogP contribution < -0.4 is 5.73 Å². The van der Waals surface area contributed by atoms with Crippen molar-refractivity contribution in [1.82, 2.24) is 0 Å². The van der Waals surface area contributed by atoms with Crippen LogP contribution in [0.4, 0.5) is 0 Å². The Kier molecular flexibility index (Phi) is 6.81. The van der Waals surface area contributed by atoms with Gasteiger partial charge in [-0.05, 0) is 12.5 Å². The number of unbranched alkanes of at least 4 members (excludes halogenated alkanes) is 5. The lowest BCUT2D eigenvalue weighted by molar-refractivity contribution is -0.153. The molecule has 0 aromatic carbocycles. The molecule has 0 aromatic rings. The topological polar surface area (TPSA) is 72.5 Å². The van der Waals surface area contributed by atoms with Gasteiger partial charge >= 0.3 is 5.97 Å². The highest BCUT2D eigenvalue weighted by molar-refractivity contribution is 5.76. The molecule has 2 atom stereocenters. The van der Waals surface area contributed by atoms with Crippen molar-refractivity contribution < 1.29 is 14.6 Å². The first-order chi connectivity index (χ1) is 9.08. The molecule has 3 N–H and O–H groups in total. The Hall–Kier alpha value is -1.13. The van der Waals surface area contributed by atoms with Crippen molar-refractivity contribution in [2.45, 2.75) is 51.2 Å². The van der Waals surface area contributed by atoms with Crippen LogP contribution in [0, 0.1) is 5.92 Å². The molecule has 4 nitrogen and oxygen atoms in total. The molecule has 0 fully saturated rings. The van der Waals surface area contributed by atoms with Gasteiger partial charge in [0, 0.05) is 0 Å². The van der Waals surface area contributed by atoms with Crippen molar-refractivity contribution in [3.8, 4) is 0 Å². The predicted octanol–water partition coefficient (Wildman–Crippen LogP) is 2.28. The molecule has 0 aromatic heterocycles. The zero-order chi connectivity index (χ0) is 14.1. The molecule has 0 amide bonds.